The van der Waals surface area contributed by atoms with Crippen LogP contribution in [0, 0.1) is 11.8 Å². The summed E-state index contributed by atoms with van der Waals surface area (Å²) in [5, 5.41) is 47.1. The normalized spacial score (nSPS) is 14.8. The average molecular weight is 1020 g/mol. The van der Waals surface area contributed by atoms with E-state index < -0.39 is 108 Å². The third kappa shape index (κ3) is 22.2. The molecule has 0 aliphatic carbocycles. The molecular formula is C46H74N14O12. The average Bonchev–Trinajstić information content (AvgIpc) is 3.84. The van der Waals surface area contributed by atoms with Crippen molar-refractivity contribution in [1.82, 2.24) is 47.2 Å². The number of aromatic hydroxyl groups is 1. The molecule has 1 aromatic heterocycles. The van der Waals surface area contributed by atoms with Gasteiger partial charge in [-0.05, 0) is 81.5 Å². The van der Waals surface area contributed by atoms with Crippen LogP contribution in [0.1, 0.15) is 97.2 Å². The number of phenols is 1. The summed E-state index contributed by atoms with van der Waals surface area (Å²) >= 11 is 0. The molecule has 26 nitrogen and oxygen atoms in total. The molecule has 7 amide bonds. The van der Waals surface area contributed by atoms with Gasteiger partial charge in [0, 0.05) is 31.3 Å². The molecule has 1 aromatic carbocycles. The number of carbonyl (C=O) groups excluding carboxylic acids is 7. The van der Waals surface area contributed by atoms with Crippen molar-refractivity contribution in [2.45, 2.75) is 147 Å². The number of hydrogen-bond acceptors (Lipinski definition) is 14. The van der Waals surface area contributed by atoms with Gasteiger partial charge in [-0.25, -0.2) is 9.78 Å². The Morgan fingerprint density at radius 3 is 1.75 bits per heavy atom. The summed E-state index contributed by atoms with van der Waals surface area (Å²) in [6, 6.07) is -5.50. The molecular weight excluding hydrogens is 941 g/mol. The monoisotopic (exact) mass is 1010 g/mol. The fraction of sp³-hybridized carbons (Fsp3) is 0.587. The van der Waals surface area contributed by atoms with E-state index in [1.165, 1.54) is 43.7 Å². The highest BCUT2D eigenvalue weighted by molar-refractivity contribution is 5.98. The molecule has 0 aliphatic heterocycles. The lowest BCUT2D eigenvalue weighted by Gasteiger charge is -2.27. The number of benzene rings is 1. The van der Waals surface area contributed by atoms with Crippen LogP contribution in [0.2, 0.25) is 0 Å². The van der Waals surface area contributed by atoms with E-state index in [1.807, 2.05) is 20.8 Å². The van der Waals surface area contributed by atoms with Gasteiger partial charge in [0.25, 0.3) is 0 Å². The number of rotatable bonds is 33. The molecule has 72 heavy (non-hydrogen) atoms. The van der Waals surface area contributed by atoms with Crippen LogP contribution in [-0.4, -0.2) is 146 Å². The Labute approximate surface area is 417 Å². The zero-order valence-corrected chi connectivity index (χ0v) is 41.4. The number of guanidine groups is 1. The lowest BCUT2D eigenvalue weighted by atomic mass is 9.97. The van der Waals surface area contributed by atoms with E-state index in [2.05, 4.69) is 52.2 Å². The Morgan fingerprint density at radius 2 is 1.19 bits per heavy atom. The van der Waals surface area contributed by atoms with E-state index in [4.69, 9.17) is 22.9 Å². The number of hydrogen-bond donors (Lipinski definition) is 15. The first-order valence-electron chi connectivity index (χ1n) is 23.8. The van der Waals surface area contributed by atoms with Crippen molar-refractivity contribution in [3.8, 4) is 5.75 Å². The minimum absolute atomic E-state index is 0.00257. The van der Waals surface area contributed by atoms with Crippen LogP contribution in [0.4, 0.5) is 0 Å². The minimum atomic E-state index is -1.89. The van der Waals surface area contributed by atoms with Gasteiger partial charge in [0.1, 0.15) is 48.0 Å². The van der Waals surface area contributed by atoms with Crippen LogP contribution in [0.3, 0.4) is 0 Å². The number of amides is 7. The lowest BCUT2D eigenvalue weighted by molar-refractivity contribution is -0.143. The van der Waals surface area contributed by atoms with Gasteiger partial charge in [-0.1, -0.05) is 46.2 Å². The van der Waals surface area contributed by atoms with Crippen LogP contribution in [0.25, 0.3) is 0 Å². The maximum atomic E-state index is 14.2. The van der Waals surface area contributed by atoms with E-state index in [1.54, 1.807) is 6.92 Å². The second kappa shape index (κ2) is 31.1. The third-order valence-electron chi connectivity index (χ3n) is 11.4. The van der Waals surface area contributed by atoms with Crippen molar-refractivity contribution < 1.29 is 58.5 Å². The van der Waals surface area contributed by atoms with Crippen molar-refractivity contribution in [1.29, 1.82) is 0 Å². The number of aliphatic imine (C=N–C) groups is 1. The van der Waals surface area contributed by atoms with Crippen LogP contribution in [0.5, 0.6) is 5.75 Å². The van der Waals surface area contributed by atoms with Gasteiger partial charge < -0.3 is 80.5 Å². The smallest absolute Gasteiger partial charge is 0.326 e. The quantitative estimate of drug-likeness (QED) is 0.0199. The number of aliphatic carboxylic acids is 2. The Kier molecular flexibility index (Phi) is 26.2. The van der Waals surface area contributed by atoms with Crippen molar-refractivity contribution in [3.63, 3.8) is 0 Å². The van der Waals surface area contributed by atoms with Crippen LogP contribution < -0.4 is 60.2 Å². The predicted octanol–water partition coefficient (Wildman–Crippen LogP) is -2.52. The van der Waals surface area contributed by atoms with Gasteiger partial charge in [-0.3, -0.25) is 43.3 Å². The van der Waals surface area contributed by atoms with Gasteiger partial charge >= 0.3 is 11.9 Å². The highest BCUT2D eigenvalue weighted by atomic mass is 16.4. The Hall–Kier alpha value is -7.35. The molecule has 2 aromatic rings. The topological polar surface area (TPSA) is 444 Å². The molecule has 0 fully saturated rings. The summed E-state index contributed by atoms with van der Waals surface area (Å²) in [6.07, 6.45) is 2.70. The SMILES string of the molecule is CC[C@H](C)[C@@H](N)C(=O)N[C@H](CC(C)C)C(=O)N[C@@H](C)C(=O)N[C@H](Cc1cnc[nH]1)C(=O)N[C@H](CCCN=C(N)N)C(=O)N[C@H](CC(=O)O)C(=O)N[C@H](Cc1ccc(O)cc1)C(=O)N[C@H](CCCCN)C(=O)O. The first-order chi connectivity index (χ1) is 33.9. The van der Waals surface area contributed by atoms with Gasteiger partial charge in [0.05, 0.1) is 18.8 Å². The second-order valence-corrected chi connectivity index (χ2v) is 18.0. The summed E-state index contributed by atoms with van der Waals surface area (Å²) in [6.45, 7) is 8.96. The molecule has 0 radical (unpaired) electrons. The first-order valence-corrected chi connectivity index (χ1v) is 23.8. The number of nitrogens with two attached hydrogens (primary N) is 4. The number of nitrogens with one attached hydrogen (secondary N) is 8. The number of carboxylic acid groups (broad SMARTS) is 2. The largest absolute Gasteiger partial charge is 0.508 e. The van der Waals surface area contributed by atoms with E-state index in [0.717, 1.165) is 0 Å². The Balaban J connectivity index is 2.44. The van der Waals surface area contributed by atoms with Crippen molar-refractivity contribution in [3.05, 3.63) is 48.0 Å². The summed E-state index contributed by atoms with van der Waals surface area (Å²) in [5.74, 6) is -9.71. The number of carbonyl (C=O) groups is 9. The van der Waals surface area contributed by atoms with E-state index in [-0.39, 0.29) is 75.2 Å². The maximum absolute atomic E-state index is 14.2. The molecule has 26 heteroatoms. The number of carboxylic acids is 2. The number of imidazole rings is 1. The molecule has 0 aliphatic rings. The molecule has 0 saturated heterocycles. The second-order valence-electron chi connectivity index (χ2n) is 18.0. The predicted molar refractivity (Wildman–Crippen MR) is 263 cm³/mol. The molecule has 2 rings (SSSR count). The van der Waals surface area contributed by atoms with Crippen LogP contribution in [0.15, 0.2) is 41.8 Å². The third-order valence-corrected chi connectivity index (χ3v) is 11.4. The Bertz CT molecular complexity index is 2140. The number of nitrogens with zero attached hydrogens (tertiary/aromatic N) is 2. The van der Waals surface area contributed by atoms with Crippen molar-refractivity contribution >= 4 is 59.2 Å². The van der Waals surface area contributed by atoms with Gasteiger partial charge in [-0.15, -0.1) is 0 Å². The Morgan fingerprint density at radius 1 is 0.667 bits per heavy atom. The highest BCUT2D eigenvalue weighted by Crippen LogP contribution is 2.14. The molecule has 0 bridgehead atoms. The summed E-state index contributed by atoms with van der Waals surface area (Å²) in [5.41, 5.74) is 23.4. The van der Waals surface area contributed by atoms with Gasteiger partial charge in [0.2, 0.25) is 41.4 Å². The maximum Gasteiger partial charge on any atom is 0.326 e. The molecule has 0 spiro atoms. The van der Waals surface area contributed by atoms with Gasteiger partial charge in [-0.2, -0.15) is 0 Å². The van der Waals surface area contributed by atoms with Crippen LogP contribution in [-0.2, 0) is 56.0 Å². The summed E-state index contributed by atoms with van der Waals surface area (Å²) in [7, 11) is 0. The summed E-state index contributed by atoms with van der Waals surface area (Å²) in [4.78, 5) is 131. The van der Waals surface area contributed by atoms with Gasteiger partial charge in [0.15, 0.2) is 5.96 Å². The fourth-order valence-corrected chi connectivity index (χ4v) is 7.06. The van der Waals surface area contributed by atoms with Crippen molar-refractivity contribution in [2.75, 3.05) is 13.1 Å². The molecule has 19 N–H and O–H groups in total. The number of H-pyrrole nitrogens is 1. The lowest BCUT2D eigenvalue weighted by Crippen LogP contribution is -2.60. The molecule has 1 heterocycles. The standard InChI is InChI=1S/C46H74N14O12/c1-6-25(4)37(48)44(70)60-32(18-24(2)3)40(66)54-26(5)38(64)57-34(20-28-22-51-23-53-28)42(68)55-30(11-9-17-52-46(49)50)39(65)59-35(21-36(62)63)43(69)58-33(19-27-12-14-29(61)15-13-27)41(67)56-31(45(71)72)10-7-8-16-47/h12-15,22-26,30-35,37,61H,6-11,16-21,47-48H2,1-5H3,(H,51,53)(H,54,66)(H,55,68)(H,56,67)(H,57,64)(H,58,69)(H,59,65)(H,60,70)(H,62,63)(H,71,72)(H4,49,50,52)/t25-,26-,30+,31+,32+,33+,34+,35+,37+/m0/s1. The zero-order chi connectivity index (χ0) is 54.1. The summed E-state index contributed by atoms with van der Waals surface area (Å²) < 4.78 is 0. The van der Waals surface area contributed by atoms with E-state index in [0.29, 0.717) is 30.5 Å². The number of aromatic nitrogens is 2. The van der Waals surface area contributed by atoms with Crippen LogP contribution >= 0.6 is 0 Å². The molecule has 9 atom stereocenters. The molecule has 0 unspecified atom stereocenters. The minimum Gasteiger partial charge on any atom is -0.508 e. The first kappa shape index (κ1) is 60.8. The molecule has 0 saturated carbocycles. The highest BCUT2D eigenvalue weighted by Gasteiger charge is 2.35. The molecule has 400 valence electrons. The van der Waals surface area contributed by atoms with E-state index >= 15 is 0 Å². The number of unbranched alkanes of at least 4 members (excludes halogenated alkanes) is 1. The van der Waals surface area contributed by atoms with Crippen molar-refractivity contribution in [2.24, 2.45) is 39.8 Å². The number of phenolic OH excluding ortho intramolecular Hbond substituents is 1. The number of aromatic amines is 1. The van der Waals surface area contributed by atoms with E-state index in [9.17, 15) is 58.5 Å². The fourth-order valence-electron chi connectivity index (χ4n) is 7.06. The zero-order valence-electron chi connectivity index (χ0n) is 41.4.